The van der Waals surface area contributed by atoms with Crippen molar-refractivity contribution in [2.45, 2.75) is 59.3 Å². The van der Waals surface area contributed by atoms with E-state index in [1.54, 1.807) is 0 Å². The average molecular weight is 777 g/mol. The molecule has 1 aromatic heterocycles. The molecule has 0 saturated heterocycles. The molecule has 57 heavy (non-hydrogen) atoms. The summed E-state index contributed by atoms with van der Waals surface area (Å²) >= 11 is 1.87. The van der Waals surface area contributed by atoms with Crippen LogP contribution in [0.3, 0.4) is 0 Å². The van der Waals surface area contributed by atoms with E-state index >= 15 is 0 Å². The first-order chi connectivity index (χ1) is 27.7. The zero-order chi connectivity index (χ0) is 38.6. The van der Waals surface area contributed by atoms with Gasteiger partial charge in [-0.25, -0.2) is 0 Å². The molecule has 5 aliphatic rings. The first kappa shape index (κ1) is 34.7. The molecular weight excluding hydrogens is 731 g/mol. The number of benzene rings is 5. The molecule has 6 heterocycles. The number of hydrogen-bond donors (Lipinski definition) is 0. The van der Waals surface area contributed by atoms with Gasteiger partial charge in [-0.1, -0.05) is 39.0 Å². The maximum absolute atomic E-state index is 6.47. The van der Waals surface area contributed by atoms with E-state index in [2.05, 4.69) is 117 Å². The number of hydrogen-bond acceptors (Lipinski definition) is 9. The van der Waals surface area contributed by atoms with E-state index in [4.69, 9.17) is 28.4 Å². The highest BCUT2D eigenvalue weighted by atomic mass is 32.1. The van der Waals surface area contributed by atoms with Gasteiger partial charge >= 0.3 is 0 Å². The van der Waals surface area contributed by atoms with Crippen LogP contribution in [0, 0.1) is 13.8 Å². The van der Waals surface area contributed by atoms with E-state index in [-0.39, 0.29) is 12.1 Å². The number of rotatable bonds is 2. The van der Waals surface area contributed by atoms with Gasteiger partial charge in [0.1, 0.15) is 0 Å². The molecule has 0 atom stereocenters. The maximum atomic E-state index is 6.47. The standard InChI is InChI=1S/C47H45BN2O6S/c1-27-22-40-45(56-21-9-20-55-40)28(2)44(27)50-34-11-6-10-33-43(34)48(42-31-23-29(47(3,4)5)12-15-41(31)57-46(42)50)32-25-38-39(54-19-8-18-53-38)26-35(32)49(33)30-13-14-36-37(24-30)52-17-7-16-51-36/h6,10-15,22-26H,7-9,16-21H2,1-5H3. The second-order valence-electron chi connectivity index (χ2n) is 16.7. The molecule has 0 bridgehead atoms. The van der Waals surface area contributed by atoms with E-state index in [9.17, 15) is 0 Å². The largest absolute Gasteiger partial charge is 0.490 e. The monoisotopic (exact) mass is 776 g/mol. The molecule has 5 aliphatic heterocycles. The third-order valence-electron chi connectivity index (χ3n) is 12.0. The van der Waals surface area contributed by atoms with Crippen molar-refractivity contribution in [3.8, 4) is 34.5 Å². The van der Waals surface area contributed by atoms with Crippen molar-refractivity contribution in [1.29, 1.82) is 0 Å². The minimum absolute atomic E-state index is 0.0250. The lowest BCUT2D eigenvalue weighted by Crippen LogP contribution is -2.61. The summed E-state index contributed by atoms with van der Waals surface area (Å²) in [4.78, 5) is 4.91. The minimum atomic E-state index is -0.0868. The molecule has 0 unspecified atom stereocenters. The van der Waals surface area contributed by atoms with Gasteiger partial charge in [-0.3, -0.25) is 0 Å². The summed E-state index contributed by atoms with van der Waals surface area (Å²) in [5.74, 6) is 4.74. The summed E-state index contributed by atoms with van der Waals surface area (Å²) in [5.41, 5.74) is 12.7. The molecule has 0 amide bonds. The lowest BCUT2D eigenvalue weighted by atomic mass is 9.33. The van der Waals surface area contributed by atoms with Gasteiger partial charge in [-0.15, -0.1) is 11.3 Å². The quantitative estimate of drug-likeness (QED) is 0.161. The Labute approximate surface area is 337 Å². The Hall–Kier alpha value is -5.48. The second kappa shape index (κ2) is 13.0. The zero-order valence-electron chi connectivity index (χ0n) is 33.1. The van der Waals surface area contributed by atoms with Crippen LogP contribution in [0.1, 0.15) is 56.7 Å². The van der Waals surface area contributed by atoms with Crippen molar-refractivity contribution in [3.63, 3.8) is 0 Å². The smallest absolute Gasteiger partial charge is 0.254 e. The van der Waals surface area contributed by atoms with Crippen molar-refractivity contribution in [1.82, 2.24) is 0 Å². The highest BCUT2D eigenvalue weighted by Crippen LogP contribution is 2.53. The lowest BCUT2D eigenvalue weighted by Gasteiger charge is -2.44. The van der Waals surface area contributed by atoms with Crippen molar-refractivity contribution in [3.05, 3.63) is 89.5 Å². The Balaban J connectivity index is 1.24. The summed E-state index contributed by atoms with van der Waals surface area (Å²) in [6.07, 6.45) is 2.53. The van der Waals surface area contributed by atoms with Crippen LogP contribution in [0.2, 0.25) is 0 Å². The van der Waals surface area contributed by atoms with Crippen LogP contribution in [0.15, 0.2) is 72.8 Å². The van der Waals surface area contributed by atoms with Crippen LogP contribution in [-0.4, -0.2) is 46.4 Å². The first-order valence-electron chi connectivity index (χ1n) is 20.3. The summed E-state index contributed by atoms with van der Waals surface area (Å²) in [5, 5.41) is 2.50. The summed E-state index contributed by atoms with van der Waals surface area (Å²) in [6.45, 7) is 14.9. The maximum Gasteiger partial charge on any atom is 0.254 e. The molecule has 288 valence electrons. The molecule has 8 nitrogen and oxygen atoms in total. The number of nitrogens with zero attached hydrogens (tertiary/aromatic N) is 2. The van der Waals surface area contributed by atoms with Gasteiger partial charge in [0.05, 0.1) is 56.0 Å². The summed E-state index contributed by atoms with van der Waals surface area (Å²) < 4.78 is 39.3. The van der Waals surface area contributed by atoms with Crippen LogP contribution in [0.25, 0.3) is 10.1 Å². The molecule has 11 rings (SSSR count). The number of fused-ring (bicyclic) bond motifs is 9. The molecule has 0 radical (unpaired) electrons. The molecule has 0 aliphatic carbocycles. The molecule has 0 N–H and O–H groups in total. The SMILES string of the molecule is Cc1cc2c(c(C)c1N1c3cccc4c3B(c3cc5c(cc3N4c3ccc4c(c3)OCCCO4)OCCCO5)c3c1sc1ccc(C(C)(C)C)cc31)OCCCO2. The zero-order valence-corrected chi connectivity index (χ0v) is 33.9. The van der Waals surface area contributed by atoms with Gasteiger partial charge in [-0.05, 0) is 94.6 Å². The Morgan fingerprint density at radius 3 is 1.98 bits per heavy atom. The molecule has 0 saturated carbocycles. The molecule has 5 aromatic carbocycles. The van der Waals surface area contributed by atoms with Gasteiger partial charge in [-0.2, -0.15) is 0 Å². The van der Waals surface area contributed by atoms with Gasteiger partial charge in [0.2, 0.25) is 0 Å². The van der Waals surface area contributed by atoms with Gasteiger partial charge in [0, 0.05) is 58.7 Å². The third-order valence-corrected chi connectivity index (χ3v) is 13.2. The van der Waals surface area contributed by atoms with E-state index in [0.29, 0.717) is 39.6 Å². The minimum Gasteiger partial charge on any atom is -0.490 e. The first-order valence-corrected chi connectivity index (χ1v) is 21.1. The fourth-order valence-electron chi connectivity index (χ4n) is 9.33. The fraction of sp³-hybridized carbons (Fsp3) is 0.319. The highest BCUT2D eigenvalue weighted by Gasteiger charge is 2.46. The molecule has 10 heteroatoms. The number of anilines is 6. The number of ether oxygens (including phenoxy) is 6. The van der Waals surface area contributed by atoms with E-state index in [1.165, 1.54) is 37.0 Å². The molecule has 0 fully saturated rings. The van der Waals surface area contributed by atoms with Crippen molar-refractivity contribution < 1.29 is 28.4 Å². The van der Waals surface area contributed by atoms with E-state index < -0.39 is 0 Å². The van der Waals surface area contributed by atoms with E-state index in [0.717, 1.165) is 93.3 Å². The Bertz CT molecular complexity index is 2630. The summed E-state index contributed by atoms with van der Waals surface area (Å²) in [6, 6.07) is 26.8. The van der Waals surface area contributed by atoms with Crippen LogP contribution in [0.5, 0.6) is 34.5 Å². The second-order valence-corrected chi connectivity index (χ2v) is 17.8. The van der Waals surface area contributed by atoms with Crippen LogP contribution in [-0.2, 0) is 5.41 Å². The van der Waals surface area contributed by atoms with Gasteiger partial charge in [0.15, 0.2) is 34.5 Å². The molecule has 6 aromatic rings. The van der Waals surface area contributed by atoms with Crippen molar-refractivity contribution in [2.75, 3.05) is 49.4 Å². The Morgan fingerprint density at radius 1 is 0.596 bits per heavy atom. The van der Waals surface area contributed by atoms with Crippen LogP contribution < -0.4 is 54.6 Å². The van der Waals surface area contributed by atoms with Crippen LogP contribution in [0.4, 0.5) is 33.4 Å². The van der Waals surface area contributed by atoms with Gasteiger partial charge in [0.25, 0.3) is 6.71 Å². The van der Waals surface area contributed by atoms with Crippen molar-refractivity contribution in [2.24, 2.45) is 0 Å². The number of aryl methyl sites for hydroxylation is 1. The van der Waals surface area contributed by atoms with E-state index in [1.807, 2.05) is 11.3 Å². The predicted molar refractivity (Wildman–Crippen MR) is 231 cm³/mol. The Kier molecular flexibility index (Phi) is 7.94. The average Bonchev–Trinajstić information content (AvgIpc) is 3.45. The summed E-state index contributed by atoms with van der Waals surface area (Å²) in [7, 11) is 0. The molecule has 0 spiro atoms. The fourth-order valence-corrected chi connectivity index (χ4v) is 10.6. The van der Waals surface area contributed by atoms with Gasteiger partial charge < -0.3 is 38.2 Å². The lowest BCUT2D eigenvalue weighted by molar-refractivity contribution is 0.296. The Morgan fingerprint density at radius 2 is 1.25 bits per heavy atom. The topological polar surface area (TPSA) is 61.9 Å². The predicted octanol–water partition coefficient (Wildman–Crippen LogP) is 9.38. The van der Waals surface area contributed by atoms with Crippen molar-refractivity contribution >= 4 is 78.0 Å². The van der Waals surface area contributed by atoms with Crippen LogP contribution >= 0.6 is 11.3 Å². The molecular formula is C47H45BN2O6S. The third kappa shape index (κ3) is 5.39. The highest BCUT2D eigenvalue weighted by molar-refractivity contribution is 7.26. The number of thiophene rings is 1. The normalized spacial score (nSPS) is 16.6.